The van der Waals surface area contributed by atoms with Crippen molar-refractivity contribution >= 4 is 11.0 Å². The zero-order valence-corrected chi connectivity index (χ0v) is 16.0. The summed E-state index contributed by atoms with van der Waals surface area (Å²) in [6.45, 7) is -0.653. The van der Waals surface area contributed by atoms with Gasteiger partial charge in [0, 0.05) is 17.2 Å². The number of rotatable bonds is 6. The summed E-state index contributed by atoms with van der Waals surface area (Å²) < 4.78 is 37.5. The van der Waals surface area contributed by atoms with Crippen molar-refractivity contribution in [2.24, 2.45) is 0 Å². The average molecular weight is 395 g/mol. The lowest BCUT2D eigenvalue weighted by Crippen LogP contribution is -2.08. The normalized spacial score (nSPS) is 11.2. The lowest BCUT2D eigenvalue weighted by atomic mass is 10.1. The number of halogens is 2. The Morgan fingerprint density at radius 2 is 1.76 bits per heavy atom. The van der Waals surface area contributed by atoms with E-state index in [1.807, 2.05) is 41.8 Å². The van der Waals surface area contributed by atoms with E-state index in [4.69, 9.17) is 9.47 Å². The van der Waals surface area contributed by atoms with Crippen LogP contribution >= 0.6 is 0 Å². The van der Waals surface area contributed by atoms with Gasteiger partial charge in [-0.1, -0.05) is 36.4 Å². The quantitative estimate of drug-likeness (QED) is 0.458. The number of ether oxygens (including phenoxy) is 2. The summed E-state index contributed by atoms with van der Waals surface area (Å²) in [5, 5.41) is 0. The van der Waals surface area contributed by atoms with Gasteiger partial charge in [0.15, 0.2) is 0 Å². The minimum Gasteiger partial charge on any atom is -0.481 e. The van der Waals surface area contributed by atoms with Gasteiger partial charge in [-0.3, -0.25) is 0 Å². The van der Waals surface area contributed by atoms with Crippen molar-refractivity contribution in [3.05, 3.63) is 72.1 Å². The first-order chi connectivity index (χ1) is 14.1. The topological polar surface area (TPSA) is 49.2 Å². The molecule has 4 rings (SSSR count). The van der Waals surface area contributed by atoms with Crippen molar-refractivity contribution in [1.29, 1.82) is 0 Å². The van der Waals surface area contributed by atoms with Crippen LogP contribution in [0.1, 0.15) is 11.4 Å². The molecular formula is C22H19F2N3O2. The van der Waals surface area contributed by atoms with E-state index in [2.05, 4.69) is 9.97 Å². The van der Waals surface area contributed by atoms with Gasteiger partial charge >= 0.3 is 6.61 Å². The molecule has 5 nitrogen and oxygen atoms in total. The first-order valence-electron chi connectivity index (χ1n) is 9.07. The van der Waals surface area contributed by atoms with Gasteiger partial charge in [0.25, 0.3) is 0 Å². The van der Waals surface area contributed by atoms with E-state index >= 15 is 0 Å². The van der Waals surface area contributed by atoms with Crippen LogP contribution in [0.15, 0.2) is 60.7 Å². The zero-order chi connectivity index (χ0) is 20.4. The summed E-state index contributed by atoms with van der Waals surface area (Å²) in [5.74, 6) is 1.43. The van der Waals surface area contributed by atoms with E-state index in [1.54, 1.807) is 37.4 Å². The van der Waals surface area contributed by atoms with Crippen molar-refractivity contribution < 1.29 is 18.3 Å². The first kappa shape index (κ1) is 18.9. The monoisotopic (exact) mass is 395 g/mol. The second kappa shape index (κ2) is 7.87. The van der Waals surface area contributed by atoms with Crippen LogP contribution in [0.25, 0.3) is 22.3 Å². The third-order valence-electron chi connectivity index (χ3n) is 4.68. The van der Waals surface area contributed by atoms with Gasteiger partial charge in [0.05, 0.1) is 30.4 Å². The van der Waals surface area contributed by atoms with Gasteiger partial charge in [-0.15, -0.1) is 0 Å². The molecule has 0 spiro atoms. The molecule has 2 aromatic carbocycles. The highest BCUT2D eigenvalue weighted by atomic mass is 19.3. The number of para-hydroxylation sites is 2. The van der Waals surface area contributed by atoms with Crippen molar-refractivity contribution in [3.63, 3.8) is 0 Å². The number of hydrogen-bond donors (Lipinski definition) is 0. The Hall–Kier alpha value is -3.48. The number of alkyl halides is 2. The van der Waals surface area contributed by atoms with Crippen molar-refractivity contribution in [1.82, 2.24) is 14.5 Å². The molecule has 2 aromatic heterocycles. The highest BCUT2D eigenvalue weighted by Crippen LogP contribution is 2.31. The summed E-state index contributed by atoms with van der Waals surface area (Å²) in [7, 11) is 1.57. The van der Waals surface area contributed by atoms with Gasteiger partial charge in [0.2, 0.25) is 5.88 Å². The van der Waals surface area contributed by atoms with Crippen LogP contribution in [-0.2, 0) is 6.54 Å². The number of pyridine rings is 1. The number of benzene rings is 2. The maximum atomic E-state index is 12.8. The molecule has 29 heavy (non-hydrogen) atoms. The van der Waals surface area contributed by atoms with E-state index < -0.39 is 6.61 Å². The molecule has 0 fully saturated rings. The average Bonchev–Trinajstić information content (AvgIpc) is 3.04. The number of aromatic nitrogens is 3. The molecular weight excluding hydrogens is 376 g/mol. The van der Waals surface area contributed by atoms with Gasteiger partial charge in [-0.25, -0.2) is 9.97 Å². The van der Waals surface area contributed by atoms with Gasteiger partial charge in [-0.2, -0.15) is 8.78 Å². The predicted octanol–water partition coefficient (Wildman–Crippen LogP) is 5.07. The van der Waals surface area contributed by atoms with E-state index in [-0.39, 0.29) is 5.75 Å². The second-order valence-electron chi connectivity index (χ2n) is 6.47. The summed E-state index contributed by atoms with van der Waals surface area (Å²) in [5.41, 5.74) is 3.94. The lowest BCUT2D eigenvalue weighted by molar-refractivity contribution is -0.0504. The van der Waals surface area contributed by atoms with E-state index in [9.17, 15) is 8.78 Å². The fourth-order valence-electron chi connectivity index (χ4n) is 3.40. The fraction of sp³-hybridized carbons (Fsp3) is 0.182. The molecule has 0 aliphatic carbocycles. The van der Waals surface area contributed by atoms with Crippen molar-refractivity contribution in [3.8, 4) is 22.9 Å². The van der Waals surface area contributed by atoms with Crippen LogP contribution in [0.4, 0.5) is 8.78 Å². The Labute approximate surface area is 166 Å². The Morgan fingerprint density at radius 1 is 0.966 bits per heavy atom. The second-order valence-corrected chi connectivity index (χ2v) is 6.47. The summed E-state index contributed by atoms with van der Waals surface area (Å²) >= 11 is 0. The third-order valence-corrected chi connectivity index (χ3v) is 4.68. The minimum absolute atomic E-state index is 0.153. The maximum absolute atomic E-state index is 12.8. The van der Waals surface area contributed by atoms with Gasteiger partial charge in [-0.05, 0) is 25.1 Å². The smallest absolute Gasteiger partial charge is 0.387 e. The summed E-state index contributed by atoms with van der Waals surface area (Å²) in [6.07, 6.45) is 0. The molecule has 4 aromatic rings. The molecule has 0 bridgehead atoms. The molecule has 0 radical (unpaired) electrons. The number of aryl methyl sites for hydroxylation is 1. The Kier molecular flexibility index (Phi) is 5.12. The molecule has 0 amide bonds. The standard InChI is InChI=1S/C22H19F2N3O2/c1-14-25-18-10-5-8-16(17-9-6-12-20(26-17)28-2)21(18)27(14)13-15-7-3-4-11-19(15)29-22(23)24/h3-12,22H,13H2,1-2H3. The summed E-state index contributed by atoms with van der Waals surface area (Å²) in [6, 6.07) is 18.1. The van der Waals surface area contributed by atoms with Crippen LogP contribution in [0.3, 0.4) is 0 Å². The van der Waals surface area contributed by atoms with Crippen molar-refractivity contribution in [2.75, 3.05) is 7.11 Å². The van der Waals surface area contributed by atoms with Crippen LogP contribution in [-0.4, -0.2) is 28.3 Å². The molecule has 0 saturated carbocycles. The molecule has 0 aliphatic rings. The van der Waals surface area contributed by atoms with Crippen molar-refractivity contribution in [2.45, 2.75) is 20.1 Å². The van der Waals surface area contributed by atoms with E-state index in [0.29, 0.717) is 18.0 Å². The number of nitrogens with zero attached hydrogens (tertiary/aromatic N) is 3. The molecule has 0 atom stereocenters. The molecule has 148 valence electrons. The number of methoxy groups -OCH3 is 1. The highest BCUT2D eigenvalue weighted by molar-refractivity contribution is 5.91. The Morgan fingerprint density at radius 3 is 2.55 bits per heavy atom. The molecule has 0 aliphatic heterocycles. The SMILES string of the molecule is COc1cccc(-c2cccc3nc(C)n(Cc4ccccc4OC(F)F)c23)n1. The van der Waals surface area contributed by atoms with Crippen LogP contribution in [0.2, 0.25) is 0 Å². The van der Waals surface area contributed by atoms with Gasteiger partial charge < -0.3 is 14.0 Å². The molecule has 0 saturated heterocycles. The molecule has 7 heteroatoms. The number of fused-ring (bicyclic) bond motifs is 1. The predicted molar refractivity (Wildman–Crippen MR) is 106 cm³/mol. The Bertz CT molecular complexity index is 1160. The van der Waals surface area contributed by atoms with E-state index in [0.717, 1.165) is 28.1 Å². The fourth-order valence-corrected chi connectivity index (χ4v) is 3.40. The van der Waals surface area contributed by atoms with Gasteiger partial charge in [0.1, 0.15) is 11.6 Å². The summed E-state index contributed by atoms with van der Waals surface area (Å²) in [4.78, 5) is 9.18. The number of hydrogen-bond acceptors (Lipinski definition) is 4. The third kappa shape index (κ3) is 3.76. The highest BCUT2D eigenvalue weighted by Gasteiger charge is 2.16. The molecule has 2 heterocycles. The van der Waals surface area contributed by atoms with Crippen LogP contribution in [0.5, 0.6) is 11.6 Å². The molecule has 0 N–H and O–H groups in total. The Balaban J connectivity index is 1.85. The largest absolute Gasteiger partial charge is 0.481 e. The van der Waals surface area contributed by atoms with Crippen LogP contribution in [0, 0.1) is 6.92 Å². The first-order valence-corrected chi connectivity index (χ1v) is 9.07. The maximum Gasteiger partial charge on any atom is 0.387 e. The minimum atomic E-state index is -2.88. The number of imidazole rings is 1. The molecule has 0 unspecified atom stereocenters. The zero-order valence-electron chi connectivity index (χ0n) is 16.0. The van der Waals surface area contributed by atoms with Crippen LogP contribution < -0.4 is 9.47 Å². The lowest BCUT2D eigenvalue weighted by Gasteiger charge is -2.14. The van der Waals surface area contributed by atoms with E-state index in [1.165, 1.54) is 0 Å².